The Balaban J connectivity index is 2.92. The van der Waals surface area contributed by atoms with Crippen LogP contribution in [-0.4, -0.2) is 10.9 Å². The molecule has 1 rings (SSSR count). The monoisotopic (exact) mass is 177 g/mol. The molecule has 0 aromatic heterocycles. The van der Waals surface area contributed by atoms with Gasteiger partial charge in [0.25, 0.3) is 0 Å². The molecule has 0 aliphatic carbocycles. The molecular formula is C10H11NO2. The Morgan fingerprint density at radius 2 is 2.23 bits per heavy atom. The van der Waals surface area contributed by atoms with E-state index >= 15 is 0 Å². The van der Waals surface area contributed by atoms with Crippen molar-refractivity contribution in [3.8, 4) is 5.75 Å². The Morgan fingerprint density at radius 3 is 2.77 bits per heavy atom. The van der Waals surface area contributed by atoms with Crippen molar-refractivity contribution in [1.82, 2.24) is 0 Å². The average Bonchev–Trinajstić information content (AvgIpc) is 2.07. The Morgan fingerprint density at radius 1 is 1.54 bits per heavy atom. The predicted octanol–water partition coefficient (Wildman–Crippen LogP) is 1.58. The van der Waals surface area contributed by atoms with Gasteiger partial charge in [0, 0.05) is 0 Å². The summed E-state index contributed by atoms with van der Waals surface area (Å²) < 4.78 is 0. The van der Waals surface area contributed by atoms with Gasteiger partial charge in [0.1, 0.15) is 5.75 Å². The second kappa shape index (κ2) is 3.76. The van der Waals surface area contributed by atoms with E-state index in [4.69, 9.17) is 5.73 Å². The number of nitrogens with two attached hydrogens (primary N) is 1. The highest BCUT2D eigenvalue weighted by Crippen LogP contribution is 2.21. The van der Waals surface area contributed by atoms with Crippen LogP contribution in [0.5, 0.6) is 5.75 Å². The molecule has 0 heterocycles. The van der Waals surface area contributed by atoms with E-state index in [2.05, 4.69) is 0 Å². The maximum atomic E-state index is 10.6. The maximum Gasteiger partial charge on any atom is 0.152 e. The molecule has 1 aromatic rings. The topological polar surface area (TPSA) is 63.3 Å². The number of anilines is 1. The largest absolute Gasteiger partial charge is 0.506 e. The van der Waals surface area contributed by atoms with Gasteiger partial charge in [0.05, 0.1) is 5.69 Å². The fourth-order valence-electron chi connectivity index (χ4n) is 0.878. The number of nitrogen functional groups attached to an aromatic ring is 1. The van der Waals surface area contributed by atoms with E-state index in [-0.39, 0.29) is 11.5 Å². The van der Waals surface area contributed by atoms with Gasteiger partial charge in [-0.1, -0.05) is 12.1 Å². The third-order valence-electron chi connectivity index (χ3n) is 1.56. The van der Waals surface area contributed by atoms with Crippen molar-refractivity contribution in [2.75, 3.05) is 5.73 Å². The zero-order chi connectivity index (χ0) is 9.84. The van der Waals surface area contributed by atoms with Gasteiger partial charge < -0.3 is 10.8 Å². The summed E-state index contributed by atoms with van der Waals surface area (Å²) in [5, 5.41) is 9.22. The van der Waals surface area contributed by atoms with Crippen molar-refractivity contribution >= 4 is 17.5 Å². The molecule has 3 heteroatoms. The highest BCUT2D eigenvalue weighted by Gasteiger charge is 1.95. The number of rotatable bonds is 2. The van der Waals surface area contributed by atoms with Crippen molar-refractivity contribution < 1.29 is 9.90 Å². The van der Waals surface area contributed by atoms with Gasteiger partial charge in [-0.3, -0.25) is 4.79 Å². The van der Waals surface area contributed by atoms with Crippen LogP contribution in [0.4, 0.5) is 5.69 Å². The molecule has 0 saturated heterocycles. The SMILES string of the molecule is CC(=O)/C=C/c1ccc(N)c(O)c1. The van der Waals surface area contributed by atoms with Gasteiger partial charge in [-0.2, -0.15) is 0 Å². The number of allylic oxidation sites excluding steroid dienone is 1. The molecule has 0 bridgehead atoms. The summed E-state index contributed by atoms with van der Waals surface area (Å²) >= 11 is 0. The summed E-state index contributed by atoms with van der Waals surface area (Å²) in [6, 6.07) is 4.83. The molecule has 0 unspecified atom stereocenters. The van der Waals surface area contributed by atoms with Crippen LogP contribution in [0.25, 0.3) is 6.08 Å². The summed E-state index contributed by atoms with van der Waals surface area (Å²) in [7, 11) is 0. The lowest BCUT2D eigenvalue weighted by molar-refractivity contribution is -0.112. The molecule has 3 N–H and O–H groups in total. The maximum absolute atomic E-state index is 10.6. The number of benzene rings is 1. The fraction of sp³-hybridized carbons (Fsp3) is 0.100. The van der Waals surface area contributed by atoms with E-state index in [0.29, 0.717) is 5.69 Å². The summed E-state index contributed by atoms with van der Waals surface area (Å²) in [5.74, 6) is 0.00187. The van der Waals surface area contributed by atoms with Crippen molar-refractivity contribution in [3.05, 3.63) is 29.8 Å². The van der Waals surface area contributed by atoms with Crippen LogP contribution in [0.1, 0.15) is 12.5 Å². The Labute approximate surface area is 76.5 Å². The molecule has 0 amide bonds. The van der Waals surface area contributed by atoms with Crippen molar-refractivity contribution in [2.45, 2.75) is 6.92 Å². The van der Waals surface area contributed by atoms with Crippen LogP contribution in [-0.2, 0) is 4.79 Å². The molecular weight excluding hydrogens is 166 g/mol. The first-order chi connectivity index (χ1) is 6.09. The molecule has 0 fully saturated rings. The third-order valence-corrected chi connectivity index (χ3v) is 1.56. The molecule has 1 aromatic carbocycles. The molecule has 3 nitrogen and oxygen atoms in total. The van der Waals surface area contributed by atoms with E-state index in [9.17, 15) is 9.90 Å². The lowest BCUT2D eigenvalue weighted by Crippen LogP contribution is -1.85. The van der Waals surface area contributed by atoms with Crippen LogP contribution < -0.4 is 5.73 Å². The van der Waals surface area contributed by atoms with Gasteiger partial charge in [-0.15, -0.1) is 0 Å². The smallest absolute Gasteiger partial charge is 0.152 e. The third kappa shape index (κ3) is 2.63. The highest BCUT2D eigenvalue weighted by atomic mass is 16.3. The molecule has 13 heavy (non-hydrogen) atoms. The lowest BCUT2D eigenvalue weighted by Gasteiger charge is -1.98. The molecule has 0 saturated carbocycles. The molecule has 68 valence electrons. The van der Waals surface area contributed by atoms with E-state index in [1.54, 1.807) is 18.2 Å². The van der Waals surface area contributed by atoms with Crippen LogP contribution >= 0.6 is 0 Å². The zero-order valence-electron chi connectivity index (χ0n) is 7.32. The lowest BCUT2D eigenvalue weighted by atomic mass is 10.1. The molecule has 0 atom stereocenters. The van der Waals surface area contributed by atoms with E-state index < -0.39 is 0 Å². The summed E-state index contributed by atoms with van der Waals surface area (Å²) in [4.78, 5) is 10.6. The Kier molecular flexibility index (Phi) is 2.69. The number of ketones is 1. The molecule has 0 spiro atoms. The van der Waals surface area contributed by atoms with Crippen LogP contribution in [0, 0.1) is 0 Å². The second-order valence-electron chi connectivity index (χ2n) is 2.76. The van der Waals surface area contributed by atoms with Crippen molar-refractivity contribution in [2.24, 2.45) is 0 Å². The molecule has 0 radical (unpaired) electrons. The fourth-order valence-corrected chi connectivity index (χ4v) is 0.878. The number of hydrogen-bond acceptors (Lipinski definition) is 3. The molecule has 0 aliphatic rings. The number of carbonyl (C=O) groups excluding carboxylic acids is 1. The van der Waals surface area contributed by atoms with Crippen molar-refractivity contribution in [1.29, 1.82) is 0 Å². The van der Waals surface area contributed by atoms with Crippen molar-refractivity contribution in [3.63, 3.8) is 0 Å². The first-order valence-electron chi connectivity index (χ1n) is 3.87. The standard InChI is InChI=1S/C10H11NO2/c1-7(12)2-3-8-4-5-9(11)10(13)6-8/h2-6,13H,11H2,1H3/b3-2+. The summed E-state index contributed by atoms with van der Waals surface area (Å²) in [5.41, 5.74) is 6.49. The van der Waals surface area contributed by atoms with Gasteiger partial charge in [-0.05, 0) is 30.7 Å². The van der Waals surface area contributed by atoms with E-state index in [1.807, 2.05) is 0 Å². The molecule has 0 aliphatic heterocycles. The van der Waals surface area contributed by atoms with E-state index in [0.717, 1.165) is 5.56 Å². The Hall–Kier alpha value is -1.77. The summed E-state index contributed by atoms with van der Waals surface area (Å²) in [6.07, 6.45) is 3.06. The summed E-state index contributed by atoms with van der Waals surface area (Å²) in [6.45, 7) is 1.47. The van der Waals surface area contributed by atoms with Crippen LogP contribution in [0.3, 0.4) is 0 Å². The van der Waals surface area contributed by atoms with Crippen LogP contribution in [0.2, 0.25) is 0 Å². The van der Waals surface area contributed by atoms with Gasteiger partial charge in [-0.25, -0.2) is 0 Å². The first kappa shape index (κ1) is 9.32. The Bertz CT molecular complexity index is 356. The van der Waals surface area contributed by atoms with Gasteiger partial charge >= 0.3 is 0 Å². The highest BCUT2D eigenvalue weighted by molar-refractivity contribution is 5.91. The minimum Gasteiger partial charge on any atom is -0.506 e. The number of hydrogen-bond donors (Lipinski definition) is 2. The minimum absolute atomic E-state index is 0.0312. The minimum atomic E-state index is -0.0312. The van der Waals surface area contributed by atoms with E-state index in [1.165, 1.54) is 19.1 Å². The average molecular weight is 177 g/mol. The second-order valence-corrected chi connectivity index (χ2v) is 2.76. The zero-order valence-corrected chi connectivity index (χ0v) is 7.32. The number of phenolic OH excluding ortho intramolecular Hbond substituents is 1. The number of phenols is 1. The predicted molar refractivity (Wildman–Crippen MR) is 52.2 cm³/mol. The van der Waals surface area contributed by atoms with Gasteiger partial charge in [0.15, 0.2) is 5.78 Å². The quantitative estimate of drug-likeness (QED) is 0.409. The number of aromatic hydroxyl groups is 1. The first-order valence-corrected chi connectivity index (χ1v) is 3.87. The van der Waals surface area contributed by atoms with Crippen LogP contribution in [0.15, 0.2) is 24.3 Å². The normalized spacial score (nSPS) is 10.5. The van der Waals surface area contributed by atoms with Gasteiger partial charge in [0.2, 0.25) is 0 Å². The number of carbonyl (C=O) groups is 1.